The SMILES string of the molecule is S=c1n(CN2CCOCC2)c2ccccc2n1-c1ccccc1. The van der Waals surface area contributed by atoms with Gasteiger partial charge in [0.1, 0.15) is 0 Å². The molecule has 1 aromatic heterocycles. The number of fused-ring (bicyclic) bond motifs is 1. The van der Waals surface area contributed by atoms with E-state index >= 15 is 0 Å². The monoisotopic (exact) mass is 325 g/mol. The number of ether oxygens (including phenoxy) is 1. The third kappa shape index (κ3) is 2.72. The minimum Gasteiger partial charge on any atom is -0.379 e. The molecular weight excluding hydrogens is 306 g/mol. The second-order valence-corrected chi connectivity index (χ2v) is 6.11. The second-order valence-electron chi connectivity index (χ2n) is 5.74. The van der Waals surface area contributed by atoms with Crippen LogP contribution in [0.5, 0.6) is 0 Å². The van der Waals surface area contributed by atoms with E-state index < -0.39 is 0 Å². The van der Waals surface area contributed by atoms with Gasteiger partial charge in [0.15, 0.2) is 4.77 Å². The number of aromatic nitrogens is 2. The van der Waals surface area contributed by atoms with Crippen molar-refractivity contribution in [3.05, 3.63) is 59.4 Å². The molecule has 1 aliphatic rings. The van der Waals surface area contributed by atoms with Crippen LogP contribution in [0.1, 0.15) is 0 Å². The van der Waals surface area contributed by atoms with E-state index in [0.29, 0.717) is 0 Å². The molecule has 3 aromatic rings. The van der Waals surface area contributed by atoms with E-state index in [1.54, 1.807) is 0 Å². The first-order chi connectivity index (χ1) is 11.3. The minimum atomic E-state index is 0.796. The highest BCUT2D eigenvalue weighted by Crippen LogP contribution is 2.23. The van der Waals surface area contributed by atoms with E-state index in [2.05, 4.69) is 50.4 Å². The molecule has 0 amide bonds. The summed E-state index contributed by atoms with van der Waals surface area (Å²) in [5.74, 6) is 0. The molecule has 0 aliphatic carbocycles. The van der Waals surface area contributed by atoms with Gasteiger partial charge in [0, 0.05) is 18.8 Å². The fourth-order valence-electron chi connectivity index (χ4n) is 3.11. The first-order valence-corrected chi connectivity index (χ1v) is 8.31. The minimum absolute atomic E-state index is 0.796. The van der Waals surface area contributed by atoms with Crippen molar-refractivity contribution in [2.75, 3.05) is 26.3 Å². The van der Waals surface area contributed by atoms with Crippen molar-refractivity contribution >= 4 is 23.3 Å². The molecule has 0 spiro atoms. The number of nitrogens with zero attached hydrogens (tertiary/aromatic N) is 3. The predicted molar refractivity (Wildman–Crippen MR) is 94.5 cm³/mol. The Bertz CT molecular complexity index is 863. The van der Waals surface area contributed by atoms with Gasteiger partial charge in [-0.3, -0.25) is 9.47 Å². The molecule has 1 saturated heterocycles. The molecule has 0 N–H and O–H groups in total. The quantitative estimate of drug-likeness (QED) is 0.689. The number of benzene rings is 2. The Balaban J connectivity index is 1.85. The highest BCUT2D eigenvalue weighted by atomic mass is 32.1. The largest absolute Gasteiger partial charge is 0.379 e. The summed E-state index contributed by atoms with van der Waals surface area (Å²) in [7, 11) is 0. The van der Waals surface area contributed by atoms with Gasteiger partial charge in [-0.25, -0.2) is 0 Å². The number of morpholine rings is 1. The molecule has 5 heteroatoms. The van der Waals surface area contributed by atoms with Crippen LogP contribution in [0.3, 0.4) is 0 Å². The van der Waals surface area contributed by atoms with Gasteiger partial charge in [-0.15, -0.1) is 0 Å². The molecule has 1 fully saturated rings. The number of rotatable bonds is 3. The van der Waals surface area contributed by atoms with Crippen molar-refractivity contribution in [1.82, 2.24) is 14.0 Å². The maximum atomic E-state index is 5.81. The summed E-state index contributed by atoms with van der Waals surface area (Å²) in [6, 6.07) is 18.7. The van der Waals surface area contributed by atoms with Crippen LogP contribution in [0, 0.1) is 4.77 Å². The molecule has 2 aromatic carbocycles. The van der Waals surface area contributed by atoms with E-state index in [0.717, 1.165) is 48.9 Å². The van der Waals surface area contributed by atoms with Crippen molar-refractivity contribution in [3.63, 3.8) is 0 Å². The van der Waals surface area contributed by atoms with Crippen molar-refractivity contribution in [2.24, 2.45) is 0 Å². The maximum Gasteiger partial charge on any atom is 0.186 e. The second kappa shape index (κ2) is 6.28. The van der Waals surface area contributed by atoms with E-state index in [1.807, 2.05) is 18.2 Å². The molecule has 118 valence electrons. The van der Waals surface area contributed by atoms with Crippen LogP contribution in [0.15, 0.2) is 54.6 Å². The van der Waals surface area contributed by atoms with Crippen LogP contribution < -0.4 is 0 Å². The molecule has 0 radical (unpaired) electrons. The summed E-state index contributed by atoms with van der Waals surface area (Å²) in [6.07, 6.45) is 0. The lowest BCUT2D eigenvalue weighted by Crippen LogP contribution is -2.37. The van der Waals surface area contributed by atoms with Gasteiger partial charge in [-0.2, -0.15) is 0 Å². The summed E-state index contributed by atoms with van der Waals surface area (Å²) >= 11 is 5.81. The number of imidazole rings is 1. The lowest BCUT2D eigenvalue weighted by Gasteiger charge is -2.27. The lowest BCUT2D eigenvalue weighted by atomic mass is 10.3. The summed E-state index contributed by atoms with van der Waals surface area (Å²) in [6.45, 7) is 4.30. The Morgan fingerprint density at radius 2 is 1.52 bits per heavy atom. The topological polar surface area (TPSA) is 22.3 Å². The first-order valence-electron chi connectivity index (χ1n) is 7.90. The fraction of sp³-hybridized carbons (Fsp3) is 0.278. The molecule has 23 heavy (non-hydrogen) atoms. The Morgan fingerprint density at radius 3 is 2.26 bits per heavy atom. The van der Waals surface area contributed by atoms with Crippen molar-refractivity contribution < 1.29 is 4.74 Å². The van der Waals surface area contributed by atoms with Crippen LogP contribution in [0.4, 0.5) is 0 Å². The van der Waals surface area contributed by atoms with Gasteiger partial charge in [-0.1, -0.05) is 30.3 Å². The van der Waals surface area contributed by atoms with Crippen LogP contribution in [-0.4, -0.2) is 40.3 Å². The Morgan fingerprint density at radius 1 is 0.870 bits per heavy atom. The third-order valence-corrected chi connectivity index (χ3v) is 4.70. The molecule has 1 aliphatic heterocycles. The fourth-order valence-corrected chi connectivity index (χ4v) is 3.47. The normalized spacial score (nSPS) is 16.0. The van der Waals surface area contributed by atoms with Crippen molar-refractivity contribution in [2.45, 2.75) is 6.67 Å². The number of hydrogen-bond acceptors (Lipinski definition) is 3. The van der Waals surface area contributed by atoms with E-state index in [-0.39, 0.29) is 0 Å². The highest BCUT2D eigenvalue weighted by Gasteiger charge is 2.16. The van der Waals surface area contributed by atoms with Gasteiger partial charge in [-0.05, 0) is 36.5 Å². The van der Waals surface area contributed by atoms with Gasteiger partial charge in [0.25, 0.3) is 0 Å². The molecule has 2 heterocycles. The van der Waals surface area contributed by atoms with Crippen molar-refractivity contribution in [3.8, 4) is 5.69 Å². The smallest absolute Gasteiger partial charge is 0.186 e. The van der Waals surface area contributed by atoms with Crippen LogP contribution in [-0.2, 0) is 11.4 Å². The molecule has 4 rings (SSSR count). The number of para-hydroxylation sites is 3. The molecule has 0 bridgehead atoms. The molecule has 0 atom stereocenters. The van der Waals surface area contributed by atoms with Gasteiger partial charge < -0.3 is 9.30 Å². The number of hydrogen-bond donors (Lipinski definition) is 0. The summed E-state index contributed by atoms with van der Waals surface area (Å²) in [4.78, 5) is 2.39. The first kappa shape index (κ1) is 14.6. The Hall–Kier alpha value is -1.95. The van der Waals surface area contributed by atoms with Crippen LogP contribution in [0.2, 0.25) is 0 Å². The lowest BCUT2D eigenvalue weighted by molar-refractivity contribution is 0.0238. The standard InChI is InChI=1S/C18H19N3OS/c23-18-20(14-19-10-12-22-13-11-19)16-8-4-5-9-17(16)21(18)15-6-2-1-3-7-15/h1-9H,10-14H2. The van der Waals surface area contributed by atoms with Crippen LogP contribution >= 0.6 is 12.2 Å². The average molecular weight is 325 g/mol. The molecule has 0 saturated carbocycles. The molecule has 0 unspecified atom stereocenters. The van der Waals surface area contributed by atoms with Gasteiger partial charge in [0.05, 0.1) is 30.9 Å². The maximum absolute atomic E-state index is 5.81. The highest BCUT2D eigenvalue weighted by molar-refractivity contribution is 7.71. The molecular formula is C18H19N3OS. The van der Waals surface area contributed by atoms with Gasteiger partial charge in [0.2, 0.25) is 0 Å². The van der Waals surface area contributed by atoms with E-state index in [4.69, 9.17) is 17.0 Å². The zero-order chi connectivity index (χ0) is 15.6. The van der Waals surface area contributed by atoms with E-state index in [1.165, 1.54) is 5.52 Å². The van der Waals surface area contributed by atoms with Crippen molar-refractivity contribution in [1.29, 1.82) is 0 Å². The Kier molecular flexibility index (Phi) is 3.99. The van der Waals surface area contributed by atoms with Crippen LogP contribution in [0.25, 0.3) is 16.7 Å². The Labute approximate surface area is 140 Å². The zero-order valence-electron chi connectivity index (χ0n) is 12.9. The van der Waals surface area contributed by atoms with E-state index in [9.17, 15) is 0 Å². The molecule has 4 nitrogen and oxygen atoms in total. The van der Waals surface area contributed by atoms with Gasteiger partial charge >= 0.3 is 0 Å². The summed E-state index contributed by atoms with van der Waals surface area (Å²) in [5, 5.41) is 0. The predicted octanol–water partition coefficient (Wildman–Crippen LogP) is 3.45. The summed E-state index contributed by atoms with van der Waals surface area (Å²) in [5.41, 5.74) is 3.43. The third-order valence-electron chi connectivity index (χ3n) is 4.30. The summed E-state index contributed by atoms with van der Waals surface area (Å²) < 4.78 is 10.7. The zero-order valence-corrected chi connectivity index (χ0v) is 13.7. The average Bonchev–Trinajstić information content (AvgIpc) is 2.89.